The highest BCUT2D eigenvalue weighted by molar-refractivity contribution is 5.75. The van der Waals surface area contributed by atoms with Crippen molar-refractivity contribution < 1.29 is 24.1 Å². The number of nitrogens with zero attached hydrogens (tertiary/aromatic N) is 1. The Labute approximate surface area is 166 Å². The van der Waals surface area contributed by atoms with Gasteiger partial charge in [-0.15, -0.1) is 0 Å². The minimum absolute atomic E-state index is 0.116. The molecular formula is C22H29NO5. The summed E-state index contributed by atoms with van der Waals surface area (Å²) >= 11 is 0. The molecule has 0 bridgehead atoms. The van der Waals surface area contributed by atoms with Gasteiger partial charge in [0.25, 0.3) is 0 Å². The first-order chi connectivity index (χ1) is 13.2. The average Bonchev–Trinajstić information content (AvgIpc) is 2.88. The van der Waals surface area contributed by atoms with Gasteiger partial charge in [0.05, 0.1) is 16.9 Å². The van der Waals surface area contributed by atoms with E-state index in [4.69, 9.17) is 14.2 Å². The molecule has 1 aromatic carbocycles. The molecule has 28 heavy (non-hydrogen) atoms. The second kappa shape index (κ2) is 6.78. The van der Waals surface area contributed by atoms with Crippen LogP contribution in [0.25, 0.3) is 0 Å². The highest BCUT2D eigenvalue weighted by atomic mass is 16.7. The highest BCUT2D eigenvalue weighted by Gasteiger charge is 2.52. The third-order valence-corrected chi connectivity index (χ3v) is 5.94. The zero-order valence-electron chi connectivity index (χ0n) is 17.0. The number of carbonyl (C=O) groups excluding carboxylic acids is 1. The van der Waals surface area contributed by atoms with Crippen LogP contribution in [-0.2, 0) is 21.5 Å². The van der Waals surface area contributed by atoms with Crippen molar-refractivity contribution >= 4 is 5.97 Å². The summed E-state index contributed by atoms with van der Waals surface area (Å²) in [6.07, 6.45) is 4.90. The van der Waals surface area contributed by atoms with Gasteiger partial charge >= 0.3 is 5.97 Å². The van der Waals surface area contributed by atoms with Crippen LogP contribution in [0.1, 0.15) is 44.7 Å². The summed E-state index contributed by atoms with van der Waals surface area (Å²) < 4.78 is 17.4. The third-order valence-electron chi connectivity index (χ3n) is 5.94. The lowest BCUT2D eigenvalue weighted by Crippen LogP contribution is -2.42. The lowest BCUT2D eigenvalue weighted by Gasteiger charge is -2.35. The van der Waals surface area contributed by atoms with Crippen LogP contribution in [0, 0.1) is 5.41 Å². The number of hydrogen-bond acceptors (Lipinski definition) is 6. The molecular weight excluding hydrogens is 358 g/mol. The highest BCUT2D eigenvalue weighted by Crippen LogP contribution is 2.55. The Morgan fingerprint density at radius 3 is 2.93 bits per heavy atom. The van der Waals surface area contributed by atoms with Gasteiger partial charge in [0.2, 0.25) is 6.79 Å². The summed E-state index contributed by atoms with van der Waals surface area (Å²) in [5.74, 6) is 1.00. The van der Waals surface area contributed by atoms with Crippen LogP contribution >= 0.6 is 0 Å². The van der Waals surface area contributed by atoms with Crippen molar-refractivity contribution in [2.45, 2.75) is 57.8 Å². The number of aliphatic hydroxyl groups excluding tert-OH is 1. The quantitative estimate of drug-likeness (QED) is 0.489. The molecule has 0 saturated heterocycles. The number of ether oxygens (including phenoxy) is 3. The van der Waals surface area contributed by atoms with Crippen molar-refractivity contribution in [3.63, 3.8) is 0 Å². The molecule has 0 radical (unpaired) electrons. The van der Waals surface area contributed by atoms with Gasteiger partial charge in [0.15, 0.2) is 11.5 Å². The molecule has 2 heterocycles. The van der Waals surface area contributed by atoms with Crippen LogP contribution in [0.15, 0.2) is 24.3 Å². The second-order valence-corrected chi connectivity index (χ2v) is 9.17. The number of esters is 1. The van der Waals surface area contributed by atoms with Crippen LogP contribution in [0.2, 0.25) is 0 Å². The Kier molecular flexibility index (Phi) is 4.67. The number of aliphatic hydroxyl groups is 1. The van der Waals surface area contributed by atoms with Crippen molar-refractivity contribution in [1.82, 2.24) is 4.90 Å². The third kappa shape index (κ3) is 3.18. The van der Waals surface area contributed by atoms with E-state index < -0.39 is 11.5 Å². The Balaban J connectivity index is 1.65. The lowest BCUT2D eigenvalue weighted by atomic mass is 9.69. The Morgan fingerprint density at radius 1 is 1.39 bits per heavy atom. The van der Waals surface area contributed by atoms with E-state index in [0.29, 0.717) is 12.2 Å². The zero-order valence-corrected chi connectivity index (χ0v) is 17.0. The lowest BCUT2D eigenvalue weighted by molar-refractivity contribution is -0.159. The van der Waals surface area contributed by atoms with Crippen molar-refractivity contribution in [3.05, 3.63) is 35.4 Å². The van der Waals surface area contributed by atoms with Gasteiger partial charge in [-0.05, 0) is 52.4 Å². The standard InChI is InChI=1S/C22H29NO5/c1-21(2,3)20(25)27-13-26-16-6-5-14-12-23(4)10-9-22-8-7-15(24)11-17(22)28-19(16)18(14)22/h5-8,15,17,24H,9-13H2,1-4H3. The van der Waals surface area contributed by atoms with Crippen LogP contribution in [0.5, 0.6) is 11.5 Å². The van der Waals surface area contributed by atoms with Crippen LogP contribution in [-0.4, -0.2) is 48.6 Å². The first kappa shape index (κ1) is 19.3. The van der Waals surface area contributed by atoms with Gasteiger partial charge < -0.3 is 24.2 Å². The van der Waals surface area contributed by atoms with Crippen molar-refractivity contribution in [1.29, 1.82) is 0 Å². The fraction of sp³-hybridized carbons (Fsp3) is 0.591. The smallest absolute Gasteiger partial charge is 0.314 e. The summed E-state index contributed by atoms with van der Waals surface area (Å²) in [6, 6.07) is 3.97. The average molecular weight is 387 g/mol. The van der Waals surface area contributed by atoms with E-state index in [9.17, 15) is 9.90 Å². The molecule has 3 atom stereocenters. The predicted octanol–water partition coefficient (Wildman–Crippen LogP) is 2.77. The van der Waals surface area contributed by atoms with Crippen LogP contribution in [0.4, 0.5) is 0 Å². The molecule has 0 aromatic heterocycles. The summed E-state index contributed by atoms with van der Waals surface area (Å²) in [6.45, 7) is 7.07. The summed E-state index contributed by atoms with van der Waals surface area (Å²) in [4.78, 5) is 14.3. The molecule has 6 nitrogen and oxygen atoms in total. The summed E-state index contributed by atoms with van der Waals surface area (Å²) in [7, 11) is 2.12. The molecule has 2 aliphatic heterocycles. The molecule has 4 rings (SSSR count). The molecule has 0 saturated carbocycles. The molecule has 1 aromatic rings. The molecule has 1 spiro atoms. The van der Waals surface area contributed by atoms with Crippen LogP contribution in [0.3, 0.4) is 0 Å². The fourth-order valence-electron chi connectivity index (χ4n) is 4.39. The van der Waals surface area contributed by atoms with E-state index in [-0.39, 0.29) is 24.3 Å². The Hall–Kier alpha value is -2.05. The van der Waals surface area contributed by atoms with Crippen LogP contribution < -0.4 is 9.47 Å². The van der Waals surface area contributed by atoms with E-state index in [1.54, 1.807) is 0 Å². The molecule has 1 N–H and O–H groups in total. The summed E-state index contributed by atoms with van der Waals surface area (Å²) in [5, 5.41) is 10.1. The number of benzene rings is 1. The zero-order chi connectivity index (χ0) is 20.1. The van der Waals surface area contributed by atoms with Crippen molar-refractivity contribution in [2.75, 3.05) is 20.4 Å². The van der Waals surface area contributed by atoms with E-state index >= 15 is 0 Å². The maximum Gasteiger partial charge on any atom is 0.314 e. The monoisotopic (exact) mass is 387 g/mol. The number of carbonyl (C=O) groups is 1. The first-order valence-corrected chi connectivity index (χ1v) is 9.90. The largest absolute Gasteiger partial charge is 0.485 e. The van der Waals surface area contributed by atoms with E-state index in [0.717, 1.165) is 30.8 Å². The SMILES string of the molecule is CN1CCC23C=CC(O)CC2Oc2c(OCOC(=O)C(C)(C)C)ccc(c23)C1. The van der Waals surface area contributed by atoms with Gasteiger partial charge in [-0.25, -0.2) is 0 Å². The predicted molar refractivity (Wildman–Crippen MR) is 104 cm³/mol. The van der Waals surface area contributed by atoms with Gasteiger partial charge in [-0.1, -0.05) is 18.2 Å². The molecule has 1 aliphatic carbocycles. The molecule has 6 heteroatoms. The Morgan fingerprint density at radius 2 is 2.18 bits per heavy atom. The maximum atomic E-state index is 12.0. The second-order valence-electron chi connectivity index (χ2n) is 9.17. The van der Waals surface area contributed by atoms with Gasteiger partial charge in [-0.2, -0.15) is 0 Å². The summed E-state index contributed by atoms with van der Waals surface area (Å²) in [5.41, 5.74) is 1.56. The van der Waals surface area contributed by atoms with Gasteiger partial charge in [0.1, 0.15) is 6.10 Å². The fourth-order valence-corrected chi connectivity index (χ4v) is 4.39. The molecule has 3 unspecified atom stereocenters. The first-order valence-electron chi connectivity index (χ1n) is 9.90. The molecule has 152 valence electrons. The van der Waals surface area contributed by atoms with Crippen molar-refractivity contribution in [3.8, 4) is 11.5 Å². The molecule has 3 aliphatic rings. The normalized spacial score (nSPS) is 28.8. The van der Waals surface area contributed by atoms with E-state index in [1.165, 1.54) is 5.56 Å². The minimum Gasteiger partial charge on any atom is -0.485 e. The molecule has 0 amide bonds. The minimum atomic E-state index is -0.574. The van der Waals surface area contributed by atoms with Crippen molar-refractivity contribution in [2.24, 2.45) is 5.41 Å². The number of rotatable bonds is 3. The molecule has 0 fully saturated rings. The topological polar surface area (TPSA) is 68.2 Å². The van der Waals surface area contributed by atoms with E-state index in [1.807, 2.05) is 32.9 Å². The van der Waals surface area contributed by atoms with Gasteiger partial charge in [0, 0.05) is 18.5 Å². The van der Waals surface area contributed by atoms with E-state index in [2.05, 4.69) is 24.1 Å². The van der Waals surface area contributed by atoms with Gasteiger partial charge in [-0.3, -0.25) is 4.79 Å². The maximum absolute atomic E-state index is 12.0. The number of hydrogen-bond donors (Lipinski definition) is 1. The Bertz CT molecular complexity index is 812.